The van der Waals surface area contributed by atoms with Crippen molar-refractivity contribution in [3.63, 3.8) is 0 Å². The molecule has 0 aromatic carbocycles. The molecule has 0 saturated carbocycles. The van der Waals surface area contributed by atoms with Gasteiger partial charge in [0.15, 0.2) is 0 Å². The van der Waals surface area contributed by atoms with Gasteiger partial charge in [0, 0.05) is 0 Å². The van der Waals surface area contributed by atoms with Gasteiger partial charge in [-0.05, 0) is 0 Å². The predicted octanol–water partition coefficient (Wildman–Crippen LogP) is -1.44. The number of hydrogen-bond acceptors (Lipinski definition) is 6. The molecule has 60 valence electrons. The van der Waals surface area contributed by atoms with Crippen molar-refractivity contribution in [1.29, 1.82) is 0 Å². The van der Waals surface area contributed by atoms with Gasteiger partial charge in [0.2, 0.25) is 0 Å². The first-order chi connectivity index (χ1) is 5.24. The summed E-state index contributed by atoms with van der Waals surface area (Å²) in [5, 5.41) is 3.24. The molecule has 7 nitrogen and oxygen atoms in total. The van der Waals surface area contributed by atoms with Crippen LogP contribution in [0.4, 0.5) is 0 Å². The summed E-state index contributed by atoms with van der Waals surface area (Å²) in [4.78, 5) is 18.1. The molecule has 0 aliphatic rings. The molecular formula is C4H6N4O3. The van der Waals surface area contributed by atoms with Crippen LogP contribution in [0.5, 0.6) is 0 Å². The number of nitrogens with zero attached hydrogens (tertiary/aromatic N) is 2. The highest BCUT2D eigenvalue weighted by molar-refractivity contribution is 5.88. The van der Waals surface area contributed by atoms with Crippen LogP contribution >= 0.6 is 0 Å². The van der Waals surface area contributed by atoms with Crippen LogP contribution in [-0.2, 0) is 11.4 Å². The Kier molecular flexibility index (Phi) is 2.14. The van der Waals surface area contributed by atoms with Crippen molar-refractivity contribution in [1.82, 2.24) is 10.1 Å². The first-order valence-corrected chi connectivity index (χ1v) is 2.68. The van der Waals surface area contributed by atoms with E-state index in [1.54, 1.807) is 0 Å². The average molecular weight is 158 g/mol. The molecule has 0 aliphatic heterocycles. The van der Waals surface area contributed by atoms with Gasteiger partial charge in [0.05, 0.1) is 0 Å². The van der Waals surface area contributed by atoms with Gasteiger partial charge >= 0.3 is 0 Å². The third-order valence-electron chi connectivity index (χ3n) is 0.895. The standard InChI is InChI=1S/C4H6N4O3/c5-3(9)4-7-2(1-10-6)11-8-4/h1,6H2,(H2,5,9). The monoisotopic (exact) mass is 158 g/mol. The zero-order chi connectivity index (χ0) is 8.27. The Hall–Kier alpha value is -1.47. The largest absolute Gasteiger partial charge is 0.363 e. The highest BCUT2D eigenvalue weighted by Crippen LogP contribution is 1.96. The summed E-state index contributed by atoms with van der Waals surface area (Å²) in [6.07, 6.45) is 0. The topological polar surface area (TPSA) is 117 Å². The second-order valence-electron chi connectivity index (χ2n) is 1.69. The van der Waals surface area contributed by atoms with Crippen LogP contribution in [0.2, 0.25) is 0 Å². The highest BCUT2D eigenvalue weighted by atomic mass is 16.6. The van der Waals surface area contributed by atoms with Crippen molar-refractivity contribution in [3.05, 3.63) is 11.7 Å². The smallest absolute Gasteiger partial charge is 0.290 e. The Bertz CT molecular complexity index is 258. The number of carbonyl (C=O) groups excluding carboxylic acids is 1. The molecule has 1 heterocycles. The Morgan fingerprint density at radius 1 is 1.73 bits per heavy atom. The van der Waals surface area contributed by atoms with Crippen LogP contribution in [-0.4, -0.2) is 16.0 Å². The molecule has 11 heavy (non-hydrogen) atoms. The molecule has 0 fully saturated rings. The third kappa shape index (κ3) is 1.72. The number of nitrogens with two attached hydrogens (primary N) is 2. The minimum absolute atomic E-state index is 0.0414. The maximum atomic E-state index is 10.4. The van der Waals surface area contributed by atoms with Crippen molar-refractivity contribution < 1.29 is 14.2 Å². The molecule has 0 unspecified atom stereocenters. The molecule has 0 atom stereocenters. The van der Waals surface area contributed by atoms with Crippen molar-refractivity contribution in [2.45, 2.75) is 6.61 Å². The van der Waals surface area contributed by atoms with Gasteiger partial charge in [-0.1, -0.05) is 5.16 Å². The van der Waals surface area contributed by atoms with Gasteiger partial charge in [0.1, 0.15) is 6.61 Å². The minimum Gasteiger partial charge on any atom is -0.363 e. The fourth-order valence-corrected chi connectivity index (χ4v) is 0.485. The summed E-state index contributed by atoms with van der Waals surface area (Å²) in [7, 11) is 0. The van der Waals surface area contributed by atoms with E-state index in [1.807, 2.05) is 0 Å². The first-order valence-electron chi connectivity index (χ1n) is 2.68. The molecular weight excluding hydrogens is 152 g/mol. The van der Waals surface area contributed by atoms with E-state index in [4.69, 9.17) is 11.6 Å². The van der Waals surface area contributed by atoms with Gasteiger partial charge in [-0.3, -0.25) is 9.63 Å². The fourth-order valence-electron chi connectivity index (χ4n) is 0.485. The summed E-state index contributed by atoms with van der Waals surface area (Å²) in [5.41, 5.74) is 4.83. The van der Waals surface area contributed by atoms with Gasteiger partial charge in [0.25, 0.3) is 17.6 Å². The van der Waals surface area contributed by atoms with E-state index in [9.17, 15) is 4.79 Å². The fraction of sp³-hybridized carbons (Fsp3) is 0.250. The molecule has 1 amide bonds. The highest BCUT2D eigenvalue weighted by Gasteiger charge is 2.09. The average Bonchev–Trinajstić information content (AvgIpc) is 2.37. The van der Waals surface area contributed by atoms with E-state index >= 15 is 0 Å². The lowest BCUT2D eigenvalue weighted by Crippen LogP contribution is -2.12. The van der Waals surface area contributed by atoms with Crippen LogP contribution in [0.1, 0.15) is 16.5 Å². The number of amides is 1. The quantitative estimate of drug-likeness (QED) is 0.520. The van der Waals surface area contributed by atoms with Crippen molar-refractivity contribution in [2.75, 3.05) is 0 Å². The Morgan fingerprint density at radius 3 is 2.91 bits per heavy atom. The molecule has 1 aromatic rings. The molecule has 4 N–H and O–H groups in total. The zero-order valence-corrected chi connectivity index (χ0v) is 5.48. The van der Waals surface area contributed by atoms with Crippen LogP contribution in [0.15, 0.2) is 4.52 Å². The molecule has 1 rings (SSSR count). The van der Waals surface area contributed by atoms with Crippen molar-refractivity contribution in [2.24, 2.45) is 11.6 Å². The summed E-state index contributed by atoms with van der Waals surface area (Å²) >= 11 is 0. The van der Waals surface area contributed by atoms with E-state index in [-0.39, 0.29) is 18.3 Å². The predicted molar refractivity (Wildman–Crippen MR) is 31.8 cm³/mol. The third-order valence-corrected chi connectivity index (χ3v) is 0.895. The lowest BCUT2D eigenvalue weighted by atomic mass is 10.6. The maximum Gasteiger partial charge on any atom is 0.290 e. The van der Waals surface area contributed by atoms with Gasteiger partial charge in [-0.25, -0.2) is 5.90 Å². The lowest BCUT2D eigenvalue weighted by Gasteiger charge is -1.85. The first kappa shape index (κ1) is 7.63. The summed E-state index contributed by atoms with van der Waals surface area (Å²) < 4.78 is 4.50. The Balaban J connectivity index is 2.73. The van der Waals surface area contributed by atoms with Gasteiger partial charge in [-0.2, -0.15) is 4.98 Å². The maximum absolute atomic E-state index is 10.4. The number of carbonyl (C=O) groups is 1. The molecule has 0 radical (unpaired) electrons. The summed E-state index contributed by atoms with van der Waals surface area (Å²) in [5.74, 6) is 3.88. The molecule has 1 aromatic heterocycles. The SMILES string of the molecule is NOCc1nc(C(N)=O)no1. The van der Waals surface area contributed by atoms with Crippen LogP contribution < -0.4 is 11.6 Å². The second-order valence-corrected chi connectivity index (χ2v) is 1.69. The number of rotatable bonds is 3. The zero-order valence-electron chi connectivity index (χ0n) is 5.48. The second kappa shape index (κ2) is 3.08. The molecule has 0 aliphatic carbocycles. The number of primary amides is 1. The Morgan fingerprint density at radius 2 is 2.45 bits per heavy atom. The summed E-state index contributed by atoms with van der Waals surface area (Å²) in [6.45, 7) is -0.0414. The van der Waals surface area contributed by atoms with Crippen LogP contribution in [0.25, 0.3) is 0 Å². The van der Waals surface area contributed by atoms with Crippen LogP contribution in [0.3, 0.4) is 0 Å². The minimum atomic E-state index is -0.753. The van der Waals surface area contributed by atoms with E-state index in [0.29, 0.717) is 0 Å². The molecule has 0 spiro atoms. The normalized spacial score (nSPS) is 9.91. The Labute approximate surface area is 61.3 Å². The number of aromatic nitrogens is 2. The molecule has 7 heteroatoms. The summed E-state index contributed by atoms with van der Waals surface area (Å²) in [6, 6.07) is 0. The van der Waals surface area contributed by atoms with E-state index in [1.165, 1.54) is 0 Å². The van der Waals surface area contributed by atoms with E-state index in [0.717, 1.165) is 0 Å². The number of hydrogen-bond donors (Lipinski definition) is 2. The van der Waals surface area contributed by atoms with Crippen molar-refractivity contribution >= 4 is 5.91 Å². The van der Waals surface area contributed by atoms with Gasteiger partial charge < -0.3 is 10.3 Å². The van der Waals surface area contributed by atoms with Crippen molar-refractivity contribution in [3.8, 4) is 0 Å². The molecule has 0 bridgehead atoms. The lowest BCUT2D eigenvalue weighted by molar-refractivity contribution is 0.0982. The van der Waals surface area contributed by atoms with E-state index in [2.05, 4.69) is 19.5 Å². The van der Waals surface area contributed by atoms with Gasteiger partial charge in [-0.15, -0.1) is 0 Å². The van der Waals surface area contributed by atoms with Crippen LogP contribution in [0, 0.1) is 0 Å². The molecule has 0 saturated heterocycles. The van der Waals surface area contributed by atoms with E-state index < -0.39 is 5.91 Å².